The predicted molar refractivity (Wildman–Crippen MR) is 113 cm³/mol. The van der Waals surface area contributed by atoms with E-state index in [1.807, 2.05) is 0 Å². The van der Waals surface area contributed by atoms with Crippen molar-refractivity contribution >= 4 is 32.8 Å². The molecule has 9 heteroatoms. The lowest BCUT2D eigenvalue weighted by molar-refractivity contribution is -0.116. The van der Waals surface area contributed by atoms with Crippen molar-refractivity contribution in [1.82, 2.24) is 0 Å². The van der Waals surface area contributed by atoms with Crippen LogP contribution >= 0.6 is 11.3 Å². The zero-order chi connectivity index (χ0) is 21.5. The molecule has 0 unspecified atom stereocenters. The third-order valence-electron chi connectivity index (χ3n) is 5.02. The first-order chi connectivity index (χ1) is 14.3. The SMILES string of the molecule is COc1ccc(S(=O)(=O)c2csc3c2NC(=O)C[C@H]3c2ccc(OC)c(O)c2)cc1. The number of anilines is 1. The maximum Gasteiger partial charge on any atom is 0.225 e. The first-order valence-corrected chi connectivity index (χ1v) is 11.4. The summed E-state index contributed by atoms with van der Waals surface area (Å²) in [6.07, 6.45) is 0.154. The molecule has 0 bridgehead atoms. The summed E-state index contributed by atoms with van der Waals surface area (Å²) >= 11 is 1.27. The molecule has 1 aliphatic heterocycles. The summed E-state index contributed by atoms with van der Waals surface area (Å²) in [5.41, 5.74) is 1.01. The maximum absolute atomic E-state index is 13.2. The molecule has 0 radical (unpaired) electrons. The summed E-state index contributed by atoms with van der Waals surface area (Å²) in [6.45, 7) is 0. The topological polar surface area (TPSA) is 102 Å². The van der Waals surface area contributed by atoms with Gasteiger partial charge in [0.05, 0.1) is 24.8 Å². The number of nitrogens with one attached hydrogen (secondary N) is 1. The fourth-order valence-electron chi connectivity index (χ4n) is 3.48. The fraction of sp³-hybridized carbons (Fsp3) is 0.190. The van der Waals surface area contributed by atoms with E-state index in [-0.39, 0.29) is 33.8 Å². The predicted octanol–water partition coefficient (Wildman–Crippen LogP) is 3.78. The van der Waals surface area contributed by atoms with Gasteiger partial charge in [-0.1, -0.05) is 6.07 Å². The Bertz CT molecular complexity index is 1210. The molecule has 0 saturated carbocycles. The first kappa shape index (κ1) is 20.2. The van der Waals surface area contributed by atoms with Crippen LogP contribution in [0.1, 0.15) is 22.8 Å². The highest BCUT2D eigenvalue weighted by molar-refractivity contribution is 7.91. The van der Waals surface area contributed by atoms with Gasteiger partial charge in [0.15, 0.2) is 11.5 Å². The van der Waals surface area contributed by atoms with E-state index in [0.29, 0.717) is 22.7 Å². The van der Waals surface area contributed by atoms with Gasteiger partial charge in [-0.3, -0.25) is 4.79 Å². The van der Waals surface area contributed by atoms with Crippen LogP contribution in [0.2, 0.25) is 0 Å². The molecular formula is C21H19NO6S2. The van der Waals surface area contributed by atoms with Gasteiger partial charge in [-0.2, -0.15) is 0 Å². The summed E-state index contributed by atoms with van der Waals surface area (Å²) in [5, 5.41) is 14.4. The number of ether oxygens (including phenoxy) is 2. The van der Waals surface area contributed by atoms with Crippen LogP contribution in [0.3, 0.4) is 0 Å². The number of carbonyl (C=O) groups excluding carboxylic acids is 1. The van der Waals surface area contributed by atoms with E-state index in [1.54, 1.807) is 35.7 Å². The van der Waals surface area contributed by atoms with E-state index in [0.717, 1.165) is 4.88 Å². The van der Waals surface area contributed by atoms with E-state index in [9.17, 15) is 18.3 Å². The third kappa shape index (κ3) is 3.40. The van der Waals surface area contributed by atoms with Gasteiger partial charge in [-0.05, 0) is 42.0 Å². The van der Waals surface area contributed by atoms with Gasteiger partial charge in [-0.15, -0.1) is 11.3 Å². The van der Waals surface area contributed by atoms with E-state index in [1.165, 1.54) is 37.7 Å². The zero-order valence-electron chi connectivity index (χ0n) is 16.2. The molecule has 30 heavy (non-hydrogen) atoms. The van der Waals surface area contributed by atoms with E-state index in [2.05, 4.69) is 5.32 Å². The molecule has 1 aliphatic rings. The maximum atomic E-state index is 13.2. The molecule has 1 amide bonds. The second-order valence-corrected chi connectivity index (χ2v) is 9.58. The average molecular weight is 446 g/mol. The summed E-state index contributed by atoms with van der Waals surface area (Å²) < 4.78 is 36.6. The van der Waals surface area contributed by atoms with Gasteiger partial charge >= 0.3 is 0 Å². The highest BCUT2D eigenvalue weighted by Gasteiger charge is 2.34. The van der Waals surface area contributed by atoms with Gasteiger partial charge in [0.2, 0.25) is 15.7 Å². The molecule has 3 aromatic rings. The highest BCUT2D eigenvalue weighted by atomic mass is 32.2. The largest absolute Gasteiger partial charge is 0.504 e. The number of amides is 1. The molecule has 4 rings (SSSR count). The Kier molecular flexibility index (Phi) is 5.17. The van der Waals surface area contributed by atoms with Crippen molar-refractivity contribution in [2.24, 2.45) is 0 Å². The van der Waals surface area contributed by atoms with Crippen LogP contribution < -0.4 is 14.8 Å². The van der Waals surface area contributed by atoms with E-state index in [4.69, 9.17) is 9.47 Å². The first-order valence-electron chi connectivity index (χ1n) is 9.02. The summed E-state index contributed by atoms with van der Waals surface area (Å²) in [4.78, 5) is 13.3. The van der Waals surface area contributed by atoms with Crippen molar-refractivity contribution in [2.45, 2.75) is 22.1 Å². The van der Waals surface area contributed by atoms with Crippen molar-refractivity contribution < 1.29 is 27.8 Å². The number of phenolic OH excluding ortho intramolecular Hbond substituents is 1. The molecule has 156 valence electrons. The van der Waals surface area contributed by atoms with Gasteiger partial charge in [-0.25, -0.2) is 8.42 Å². The Hall–Kier alpha value is -3.04. The van der Waals surface area contributed by atoms with Crippen LogP contribution in [0.25, 0.3) is 0 Å². The smallest absolute Gasteiger partial charge is 0.225 e. The molecule has 1 atom stereocenters. The highest BCUT2D eigenvalue weighted by Crippen LogP contribution is 2.46. The van der Waals surface area contributed by atoms with Crippen LogP contribution in [-0.2, 0) is 14.6 Å². The van der Waals surface area contributed by atoms with Gasteiger partial charge in [0.1, 0.15) is 10.6 Å². The standard InChI is InChI=1S/C21H19NO6S2/c1-27-13-4-6-14(7-5-13)30(25,26)18-11-29-21-15(10-19(24)22-20(18)21)12-3-8-17(28-2)16(23)9-12/h3-9,11,15,23H,10H2,1-2H3,(H,22,24)/t15-/m0/s1. The second kappa shape index (κ2) is 7.66. The van der Waals surface area contributed by atoms with Gasteiger partial charge in [0.25, 0.3) is 0 Å². The quantitative estimate of drug-likeness (QED) is 0.620. The number of benzene rings is 2. The Balaban J connectivity index is 1.78. The minimum absolute atomic E-state index is 0.0369. The van der Waals surface area contributed by atoms with Crippen molar-refractivity contribution in [2.75, 3.05) is 19.5 Å². The monoisotopic (exact) mass is 445 g/mol. The Morgan fingerprint density at radius 1 is 1.10 bits per heavy atom. The number of fused-ring (bicyclic) bond motifs is 1. The molecular weight excluding hydrogens is 426 g/mol. The number of aromatic hydroxyl groups is 1. The van der Waals surface area contributed by atoms with Crippen molar-refractivity contribution in [3.05, 3.63) is 58.3 Å². The van der Waals surface area contributed by atoms with Crippen LogP contribution in [0.5, 0.6) is 17.2 Å². The summed E-state index contributed by atoms with van der Waals surface area (Å²) in [7, 11) is -0.879. The lowest BCUT2D eigenvalue weighted by atomic mass is 9.90. The number of hydrogen-bond donors (Lipinski definition) is 2. The van der Waals surface area contributed by atoms with Crippen molar-refractivity contribution in [3.63, 3.8) is 0 Å². The number of rotatable bonds is 5. The normalized spacial score (nSPS) is 15.9. The number of carbonyl (C=O) groups is 1. The summed E-state index contributed by atoms with van der Waals surface area (Å²) in [6, 6.07) is 11.0. The molecule has 0 aliphatic carbocycles. The number of thiophene rings is 1. The van der Waals surface area contributed by atoms with E-state index < -0.39 is 9.84 Å². The average Bonchev–Trinajstić information content (AvgIpc) is 3.17. The lowest BCUT2D eigenvalue weighted by Crippen LogP contribution is -2.23. The van der Waals surface area contributed by atoms with Crippen LogP contribution in [0.4, 0.5) is 5.69 Å². The Morgan fingerprint density at radius 3 is 2.47 bits per heavy atom. The minimum Gasteiger partial charge on any atom is -0.504 e. The van der Waals surface area contributed by atoms with Crippen LogP contribution in [-0.4, -0.2) is 33.7 Å². The molecule has 0 fully saturated rings. The van der Waals surface area contributed by atoms with Crippen LogP contribution in [0.15, 0.2) is 57.6 Å². The molecule has 7 nitrogen and oxygen atoms in total. The zero-order valence-corrected chi connectivity index (χ0v) is 17.8. The molecule has 1 aromatic heterocycles. The van der Waals surface area contributed by atoms with Gasteiger partial charge in [0, 0.05) is 22.6 Å². The Labute approximate surface area is 177 Å². The van der Waals surface area contributed by atoms with Gasteiger partial charge < -0.3 is 19.9 Å². The molecule has 0 saturated heterocycles. The van der Waals surface area contributed by atoms with Crippen LogP contribution in [0, 0.1) is 0 Å². The number of hydrogen-bond acceptors (Lipinski definition) is 7. The Morgan fingerprint density at radius 2 is 1.83 bits per heavy atom. The number of methoxy groups -OCH3 is 2. The fourth-order valence-corrected chi connectivity index (χ4v) is 6.39. The summed E-state index contributed by atoms with van der Waals surface area (Å²) in [5.74, 6) is 0.190. The molecule has 0 spiro atoms. The lowest BCUT2D eigenvalue weighted by Gasteiger charge is -2.24. The molecule has 2 heterocycles. The number of sulfone groups is 1. The van der Waals surface area contributed by atoms with Crippen molar-refractivity contribution in [1.29, 1.82) is 0 Å². The number of phenols is 1. The second-order valence-electron chi connectivity index (χ2n) is 6.75. The molecule has 2 aromatic carbocycles. The van der Waals surface area contributed by atoms with E-state index >= 15 is 0 Å². The molecule has 2 N–H and O–H groups in total. The minimum atomic E-state index is -3.84. The third-order valence-corrected chi connectivity index (χ3v) is 8.06. The van der Waals surface area contributed by atoms with Crippen molar-refractivity contribution in [3.8, 4) is 17.2 Å².